The molecule has 3 aromatic rings. The molecule has 0 saturated carbocycles. The normalized spacial score (nSPS) is 11.5. The lowest BCUT2D eigenvalue weighted by molar-refractivity contribution is 0.513. The summed E-state index contributed by atoms with van der Waals surface area (Å²) in [5.41, 5.74) is 2.25. The van der Waals surface area contributed by atoms with Crippen LogP contribution < -0.4 is 0 Å². The predicted octanol–water partition coefficient (Wildman–Crippen LogP) is 3.38. The van der Waals surface area contributed by atoms with E-state index in [4.69, 9.17) is 4.42 Å². The number of H-pyrrole nitrogens is 1. The van der Waals surface area contributed by atoms with E-state index in [1.54, 1.807) is 6.26 Å². The van der Waals surface area contributed by atoms with E-state index < -0.39 is 0 Å². The Hall–Kier alpha value is -2.29. The monoisotopic (exact) mass is 224 g/mol. The molecule has 3 heteroatoms. The Balaban J connectivity index is 1.77. The van der Waals surface area contributed by atoms with Crippen LogP contribution in [-0.4, -0.2) is 11.2 Å². The van der Waals surface area contributed by atoms with Crippen molar-refractivity contribution in [1.29, 1.82) is 0 Å². The van der Waals surface area contributed by atoms with Crippen LogP contribution in [0.3, 0.4) is 0 Å². The van der Waals surface area contributed by atoms with E-state index >= 15 is 0 Å². The molecular weight excluding hydrogens is 212 g/mol. The number of rotatable bonds is 3. The first-order valence-electron chi connectivity index (χ1n) is 5.51. The van der Waals surface area contributed by atoms with Gasteiger partial charge in [-0.15, -0.1) is 0 Å². The van der Waals surface area contributed by atoms with Crippen LogP contribution in [-0.2, 0) is 6.54 Å². The van der Waals surface area contributed by atoms with Crippen LogP contribution in [0.15, 0.2) is 58.3 Å². The number of nitrogens with one attached hydrogen (secondary N) is 1. The van der Waals surface area contributed by atoms with Crippen LogP contribution >= 0.6 is 0 Å². The Kier molecular flexibility index (Phi) is 2.50. The first-order chi connectivity index (χ1) is 8.42. The highest BCUT2D eigenvalue weighted by Crippen LogP contribution is 2.13. The van der Waals surface area contributed by atoms with E-state index in [9.17, 15) is 0 Å². The van der Waals surface area contributed by atoms with E-state index in [0.29, 0.717) is 6.54 Å². The van der Waals surface area contributed by atoms with Gasteiger partial charge in [-0.3, -0.25) is 4.99 Å². The molecule has 2 heterocycles. The largest absolute Gasteiger partial charge is 0.467 e. The average Bonchev–Trinajstić information content (AvgIpc) is 2.98. The van der Waals surface area contributed by atoms with Gasteiger partial charge in [0.2, 0.25) is 0 Å². The highest BCUT2D eigenvalue weighted by atomic mass is 16.3. The van der Waals surface area contributed by atoms with Gasteiger partial charge in [-0.2, -0.15) is 0 Å². The number of hydrogen-bond donors (Lipinski definition) is 1. The fourth-order valence-electron chi connectivity index (χ4n) is 1.80. The SMILES string of the molecule is C(=NCc1ccco1)c1ccc2[nH]ccc2c1. The number of aliphatic imine (C=N–C) groups is 1. The second kappa shape index (κ2) is 4.29. The van der Waals surface area contributed by atoms with Crippen molar-refractivity contribution in [3.8, 4) is 0 Å². The van der Waals surface area contributed by atoms with Crippen molar-refractivity contribution in [2.24, 2.45) is 4.99 Å². The third kappa shape index (κ3) is 2.13. The van der Waals surface area contributed by atoms with Crippen molar-refractivity contribution in [3.63, 3.8) is 0 Å². The summed E-state index contributed by atoms with van der Waals surface area (Å²) in [6, 6.07) is 12.1. The fourth-order valence-corrected chi connectivity index (χ4v) is 1.80. The van der Waals surface area contributed by atoms with Gasteiger partial charge in [0.05, 0.1) is 12.8 Å². The van der Waals surface area contributed by atoms with Gasteiger partial charge in [0.25, 0.3) is 0 Å². The van der Waals surface area contributed by atoms with Gasteiger partial charge >= 0.3 is 0 Å². The Morgan fingerprint density at radius 1 is 1.24 bits per heavy atom. The molecule has 1 N–H and O–H groups in total. The quantitative estimate of drug-likeness (QED) is 0.681. The number of nitrogens with zero attached hydrogens (tertiary/aromatic N) is 1. The zero-order valence-electron chi connectivity index (χ0n) is 9.26. The van der Waals surface area contributed by atoms with Crippen molar-refractivity contribution in [2.75, 3.05) is 0 Å². The smallest absolute Gasteiger partial charge is 0.125 e. The van der Waals surface area contributed by atoms with Crippen molar-refractivity contribution in [1.82, 2.24) is 4.98 Å². The Morgan fingerprint density at radius 3 is 3.12 bits per heavy atom. The summed E-state index contributed by atoms with van der Waals surface area (Å²) in [6.07, 6.45) is 5.47. The van der Waals surface area contributed by atoms with E-state index in [2.05, 4.69) is 28.2 Å². The first-order valence-corrected chi connectivity index (χ1v) is 5.51. The summed E-state index contributed by atoms with van der Waals surface area (Å²) >= 11 is 0. The van der Waals surface area contributed by atoms with Gasteiger partial charge in [-0.05, 0) is 41.3 Å². The van der Waals surface area contributed by atoms with Crippen molar-refractivity contribution < 1.29 is 4.42 Å². The molecule has 3 rings (SSSR count). The van der Waals surface area contributed by atoms with Crippen molar-refractivity contribution in [3.05, 3.63) is 60.2 Å². The second-order valence-corrected chi connectivity index (χ2v) is 3.87. The van der Waals surface area contributed by atoms with Gasteiger partial charge in [-0.1, -0.05) is 6.07 Å². The van der Waals surface area contributed by atoms with Gasteiger partial charge in [-0.25, -0.2) is 0 Å². The Bertz CT molecular complexity index is 635. The average molecular weight is 224 g/mol. The maximum Gasteiger partial charge on any atom is 0.125 e. The molecule has 0 aliphatic carbocycles. The minimum absolute atomic E-state index is 0.582. The molecular formula is C14H12N2O. The Morgan fingerprint density at radius 2 is 2.24 bits per heavy atom. The van der Waals surface area contributed by atoms with Gasteiger partial charge < -0.3 is 9.40 Å². The molecule has 0 fully saturated rings. The summed E-state index contributed by atoms with van der Waals surface area (Å²) in [7, 11) is 0. The molecule has 0 saturated heterocycles. The predicted molar refractivity (Wildman–Crippen MR) is 68.3 cm³/mol. The van der Waals surface area contributed by atoms with Crippen LogP contribution in [0.2, 0.25) is 0 Å². The summed E-state index contributed by atoms with van der Waals surface area (Å²) < 4.78 is 5.21. The third-order valence-electron chi connectivity index (χ3n) is 2.64. The molecule has 0 radical (unpaired) electrons. The molecule has 0 bridgehead atoms. The van der Waals surface area contributed by atoms with Gasteiger partial charge in [0.1, 0.15) is 5.76 Å². The van der Waals surface area contributed by atoms with Crippen molar-refractivity contribution in [2.45, 2.75) is 6.54 Å². The van der Waals surface area contributed by atoms with Crippen LogP contribution in [0.5, 0.6) is 0 Å². The lowest BCUT2D eigenvalue weighted by Crippen LogP contribution is -1.82. The van der Waals surface area contributed by atoms with Crippen LogP contribution in [0.25, 0.3) is 10.9 Å². The molecule has 0 spiro atoms. The van der Waals surface area contributed by atoms with E-state index in [1.165, 1.54) is 5.39 Å². The number of benzene rings is 1. The second-order valence-electron chi connectivity index (χ2n) is 3.87. The molecule has 0 aliphatic heterocycles. The highest BCUT2D eigenvalue weighted by Gasteiger charge is 1.95. The molecule has 0 unspecified atom stereocenters. The maximum atomic E-state index is 5.21. The molecule has 0 aliphatic rings. The topological polar surface area (TPSA) is 41.3 Å². The zero-order valence-corrected chi connectivity index (χ0v) is 9.26. The number of hydrogen-bond acceptors (Lipinski definition) is 2. The number of furan rings is 1. The summed E-state index contributed by atoms with van der Waals surface area (Å²) in [4.78, 5) is 7.51. The van der Waals surface area contributed by atoms with E-state index in [1.807, 2.05) is 30.6 Å². The van der Waals surface area contributed by atoms with Gasteiger partial charge in [0, 0.05) is 17.9 Å². The molecule has 2 aromatic heterocycles. The maximum absolute atomic E-state index is 5.21. The standard InChI is InChI=1S/C14H12N2O/c1-2-13(17-7-1)10-15-9-11-3-4-14-12(8-11)5-6-16-14/h1-9,16H,10H2. The summed E-state index contributed by atoms with van der Waals surface area (Å²) in [5, 5.41) is 1.20. The minimum atomic E-state index is 0.582. The van der Waals surface area contributed by atoms with Crippen molar-refractivity contribution >= 4 is 17.1 Å². The fraction of sp³-hybridized carbons (Fsp3) is 0.0714. The number of aromatic nitrogens is 1. The molecule has 84 valence electrons. The molecule has 0 atom stereocenters. The number of aromatic amines is 1. The lowest BCUT2D eigenvalue weighted by Gasteiger charge is -1.94. The Labute approximate surface area is 98.8 Å². The molecule has 0 amide bonds. The van der Waals surface area contributed by atoms with E-state index in [-0.39, 0.29) is 0 Å². The molecule has 3 nitrogen and oxygen atoms in total. The number of fused-ring (bicyclic) bond motifs is 1. The third-order valence-corrected chi connectivity index (χ3v) is 2.64. The van der Waals surface area contributed by atoms with Crippen LogP contribution in [0.4, 0.5) is 0 Å². The lowest BCUT2D eigenvalue weighted by atomic mass is 10.2. The molecule has 1 aromatic carbocycles. The van der Waals surface area contributed by atoms with Crippen LogP contribution in [0, 0.1) is 0 Å². The van der Waals surface area contributed by atoms with Crippen LogP contribution in [0.1, 0.15) is 11.3 Å². The zero-order chi connectivity index (χ0) is 11.5. The molecule has 17 heavy (non-hydrogen) atoms. The first kappa shape index (κ1) is 9.90. The van der Waals surface area contributed by atoms with E-state index in [0.717, 1.165) is 16.8 Å². The van der Waals surface area contributed by atoms with Gasteiger partial charge in [0.15, 0.2) is 0 Å². The summed E-state index contributed by atoms with van der Waals surface area (Å²) in [6.45, 7) is 0.582. The summed E-state index contributed by atoms with van der Waals surface area (Å²) in [5.74, 6) is 0.879. The minimum Gasteiger partial charge on any atom is -0.467 e. The highest BCUT2D eigenvalue weighted by molar-refractivity contribution is 5.88.